The van der Waals surface area contributed by atoms with E-state index < -0.39 is 0 Å². The van der Waals surface area contributed by atoms with E-state index in [9.17, 15) is 9.59 Å². The van der Waals surface area contributed by atoms with Gasteiger partial charge in [-0.2, -0.15) is 0 Å². The van der Waals surface area contributed by atoms with Gasteiger partial charge in [-0.05, 0) is 54.5 Å². The topological polar surface area (TPSA) is 76.9 Å². The van der Waals surface area contributed by atoms with Crippen LogP contribution in [0.1, 0.15) is 30.2 Å². The first kappa shape index (κ1) is 18.6. The van der Waals surface area contributed by atoms with E-state index in [4.69, 9.17) is 11.6 Å². The summed E-state index contributed by atoms with van der Waals surface area (Å²) in [5.41, 5.74) is 3.27. The Morgan fingerprint density at radius 3 is 3.04 bits per heavy atom. The zero-order chi connectivity index (χ0) is 19.7. The van der Waals surface area contributed by atoms with Crippen LogP contribution in [-0.2, 0) is 30.7 Å². The van der Waals surface area contributed by atoms with Gasteiger partial charge in [0.25, 0.3) is 5.56 Å². The van der Waals surface area contributed by atoms with Crippen LogP contribution in [0.5, 0.6) is 0 Å². The Balaban J connectivity index is 1.53. The van der Waals surface area contributed by atoms with Crippen molar-refractivity contribution in [3.05, 3.63) is 68.9 Å². The fourth-order valence-electron chi connectivity index (χ4n) is 3.59. The van der Waals surface area contributed by atoms with Gasteiger partial charge in [-0.1, -0.05) is 30.7 Å². The van der Waals surface area contributed by atoms with Crippen LogP contribution in [0.25, 0.3) is 11.0 Å². The molecule has 1 atom stereocenters. The fraction of sp³-hybridized carbons (Fsp3) is 0.333. The molecule has 0 aliphatic heterocycles. The van der Waals surface area contributed by atoms with Gasteiger partial charge < -0.3 is 5.32 Å². The number of hydrogen-bond acceptors (Lipinski definition) is 4. The molecule has 0 saturated heterocycles. The first-order valence-electron chi connectivity index (χ1n) is 9.38. The number of halogens is 1. The first-order chi connectivity index (χ1) is 13.5. The summed E-state index contributed by atoms with van der Waals surface area (Å²) in [5, 5.41) is 3.89. The number of nitrogens with zero attached hydrogens (tertiary/aromatic N) is 3. The molecule has 0 spiro atoms. The van der Waals surface area contributed by atoms with Crippen molar-refractivity contribution in [2.24, 2.45) is 5.92 Å². The predicted octanol–water partition coefficient (Wildman–Crippen LogP) is 2.89. The Morgan fingerprint density at radius 2 is 2.21 bits per heavy atom. The molecule has 0 saturated carbocycles. The molecule has 4 rings (SSSR count). The fourth-order valence-corrected chi connectivity index (χ4v) is 3.81. The van der Waals surface area contributed by atoms with Crippen molar-refractivity contribution >= 4 is 28.5 Å². The van der Waals surface area contributed by atoms with Crippen molar-refractivity contribution in [2.75, 3.05) is 0 Å². The third kappa shape index (κ3) is 3.92. The largest absolute Gasteiger partial charge is 0.350 e. The number of amides is 1. The maximum absolute atomic E-state index is 12.8. The molecule has 144 valence electrons. The van der Waals surface area contributed by atoms with Crippen LogP contribution >= 0.6 is 11.6 Å². The summed E-state index contributed by atoms with van der Waals surface area (Å²) >= 11 is 5.95. The van der Waals surface area contributed by atoms with E-state index in [1.165, 1.54) is 10.9 Å². The van der Waals surface area contributed by atoms with Crippen molar-refractivity contribution in [1.29, 1.82) is 0 Å². The van der Waals surface area contributed by atoms with E-state index in [0.29, 0.717) is 28.5 Å². The average Bonchev–Trinajstić information content (AvgIpc) is 2.68. The highest BCUT2D eigenvalue weighted by molar-refractivity contribution is 6.30. The second-order valence-corrected chi connectivity index (χ2v) is 7.83. The molecule has 1 amide bonds. The van der Waals surface area contributed by atoms with Crippen LogP contribution in [0.15, 0.2) is 41.5 Å². The monoisotopic (exact) mass is 396 g/mol. The van der Waals surface area contributed by atoms with Gasteiger partial charge in [0.05, 0.1) is 5.39 Å². The van der Waals surface area contributed by atoms with Gasteiger partial charge in [-0.3, -0.25) is 14.2 Å². The zero-order valence-corrected chi connectivity index (χ0v) is 16.4. The zero-order valence-electron chi connectivity index (χ0n) is 15.6. The minimum absolute atomic E-state index is 0.0875. The van der Waals surface area contributed by atoms with E-state index in [2.05, 4.69) is 22.2 Å². The summed E-state index contributed by atoms with van der Waals surface area (Å²) in [5.74, 6) is 0.325. The Hall–Kier alpha value is -2.73. The number of benzene rings is 1. The maximum atomic E-state index is 12.8. The minimum Gasteiger partial charge on any atom is -0.350 e. The Labute approximate surface area is 167 Å². The molecule has 2 aromatic heterocycles. The van der Waals surface area contributed by atoms with Crippen molar-refractivity contribution in [2.45, 2.75) is 39.3 Å². The number of fused-ring (bicyclic) bond motifs is 2. The SMILES string of the molecule is C[C@H]1CCc2nc3ncn(CC(=O)NCc4cccc(Cl)c4)c(=O)c3cc2C1. The van der Waals surface area contributed by atoms with Gasteiger partial charge in [-0.15, -0.1) is 0 Å². The molecule has 1 aliphatic rings. The summed E-state index contributed by atoms with van der Waals surface area (Å²) in [4.78, 5) is 34.0. The van der Waals surface area contributed by atoms with Gasteiger partial charge in [0.15, 0.2) is 5.65 Å². The third-order valence-corrected chi connectivity index (χ3v) is 5.35. The molecule has 6 nitrogen and oxygen atoms in total. The lowest BCUT2D eigenvalue weighted by atomic mass is 9.87. The van der Waals surface area contributed by atoms with E-state index in [-0.39, 0.29) is 18.0 Å². The van der Waals surface area contributed by atoms with Gasteiger partial charge in [0.2, 0.25) is 5.91 Å². The Morgan fingerprint density at radius 1 is 1.36 bits per heavy atom. The normalized spacial score (nSPS) is 16.0. The summed E-state index contributed by atoms with van der Waals surface area (Å²) in [6, 6.07) is 9.19. The Bertz CT molecular complexity index is 1110. The molecule has 7 heteroatoms. The lowest BCUT2D eigenvalue weighted by molar-refractivity contribution is -0.121. The molecule has 1 N–H and O–H groups in total. The second-order valence-electron chi connectivity index (χ2n) is 7.40. The summed E-state index contributed by atoms with van der Waals surface area (Å²) in [6.07, 6.45) is 4.35. The van der Waals surface area contributed by atoms with Crippen LogP contribution in [0.2, 0.25) is 5.02 Å². The summed E-state index contributed by atoms with van der Waals surface area (Å²) in [7, 11) is 0. The van der Waals surface area contributed by atoms with E-state index in [1.54, 1.807) is 12.1 Å². The highest BCUT2D eigenvalue weighted by Crippen LogP contribution is 2.25. The number of aromatic nitrogens is 3. The molecule has 1 aliphatic carbocycles. The molecule has 0 unspecified atom stereocenters. The van der Waals surface area contributed by atoms with Crippen molar-refractivity contribution in [1.82, 2.24) is 19.9 Å². The van der Waals surface area contributed by atoms with E-state index >= 15 is 0 Å². The van der Waals surface area contributed by atoms with Gasteiger partial charge >= 0.3 is 0 Å². The molecule has 1 aromatic carbocycles. The molecular weight excluding hydrogens is 376 g/mol. The summed E-state index contributed by atoms with van der Waals surface area (Å²) in [6.45, 7) is 2.47. The number of carbonyl (C=O) groups excluding carboxylic acids is 1. The van der Waals surface area contributed by atoms with E-state index in [1.807, 2.05) is 18.2 Å². The lowest BCUT2D eigenvalue weighted by Gasteiger charge is -2.20. The number of hydrogen-bond donors (Lipinski definition) is 1. The maximum Gasteiger partial charge on any atom is 0.263 e. The van der Waals surface area contributed by atoms with Crippen molar-refractivity contribution in [3.8, 4) is 0 Å². The number of pyridine rings is 1. The molecular formula is C21H21ClN4O2. The van der Waals surface area contributed by atoms with Crippen LogP contribution in [-0.4, -0.2) is 20.4 Å². The van der Waals surface area contributed by atoms with Crippen LogP contribution in [0.4, 0.5) is 0 Å². The number of rotatable bonds is 4. The van der Waals surface area contributed by atoms with Gasteiger partial charge in [-0.25, -0.2) is 9.97 Å². The average molecular weight is 397 g/mol. The highest BCUT2D eigenvalue weighted by atomic mass is 35.5. The molecule has 28 heavy (non-hydrogen) atoms. The lowest BCUT2D eigenvalue weighted by Crippen LogP contribution is -2.32. The van der Waals surface area contributed by atoms with E-state index in [0.717, 1.165) is 36.1 Å². The van der Waals surface area contributed by atoms with Crippen molar-refractivity contribution in [3.63, 3.8) is 0 Å². The standard InChI is InChI=1S/C21H21ClN4O2/c1-13-5-6-18-15(7-13)9-17-20(25-18)24-12-26(21(17)28)11-19(27)23-10-14-3-2-4-16(22)8-14/h2-4,8-9,12-13H,5-7,10-11H2,1H3,(H,23,27)/t13-/m0/s1. The van der Waals surface area contributed by atoms with Crippen LogP contribution in [0.3, 0.4) is 0 Å². The van der Waals surface area contributed by atoms with Gasteiger partial charge in [0.1, 0.15) is 12.9 Å². The number of carbonyl (C=O) groups is 1. The molecule has 0 bridgehead atoms. The third-order valence-electron chi connectivity index (χ3n) is 5.12. The Kier molecular flexibility index (Phi) is 5.13. The molecule has 3 aromatic rings. The quantitative estimate of drug-likeness (QED) is 0.735. The van der Waals surface area contributed by atoms with Crippen LogP contribution < -0.4 is 10.9 Å². The minimum atomic E-state index is -0.261. The number of nitrogens with one attached hydrogen (secondary N) is 1. The first-order valence-corrected chi connectivity index (χ1v) is 9.76. The highest BCUT2D eigenvalue weighted by Gasteiger charge is 2.19. The van der Waals surface area contributed by atoms with Gasteiger partial charge in [0, 0.05) is 17.3 Å². The second kappa shape index (κ2) is 7.72. The predicted molar refractivity (Wildman–Crippen MR) is 108 cm³/mol. The number of aryl methyl sites for hydroxylation is 1. The summed E-state index contributed by atoms with van der Waals surface area (Å²) < 4.78 is 1.33. The smallest absolute Gasteiger partial charge is 0.263 e. The van der Waals surface area contributed by atoms with Crippen LogP contribution in [0, 0.1) is 5.92 Å². The molecule has 0 radical (unpaired) electrons. The molecule has 2 heterocycles. The van der Waals surface area contributed by atoms with Crippen molar-refractivity contribution < 1.29 is 4.79 Å². The molecule has 0 fully saturated rings.